The fraction of sp³-hybridized carbons (Fsp3) is 0.259. The van der Waals surface area contributed by atoms with Crippen LogP contribution in [0.1, 0.15) is 51.0 Å². The molecule has 0 saturated heterocycles. The molecule has 0 radical (unpaired) electrons. The summed E-state index contributed by atoms with van der Waals surface area (Å²) in [5.41, 5.74) is 3.20. The van der Waals surface area contributed by atoms with Gasteiger partial charge in [0.1, 0.15) is 10.8 Å². The van der Waals surface area contributed by atoms with Crippen molar-refractivity contribution in [2.75, 3.05) is 24.9 Å². The number of rotatable bonds is 8. The number of carbonyl (C=O) groups is 1. The Kier molecular flexibility index (Phi) is 6.72. The second-order valence-electron chi connectivity index (χ2n) is 8.26. The zero-order chi connectivity index (χ0) is 24.2. The molecule has 4 aromatic rings. The number of hydrogen-bond acceptors (Lipinski definition) is 7. The fourth-order valence-electron chi connectivity index (χ4n) is 4.60. The molecule has 180 valence electrons. The van der Waals surface area contributed by atoms with E-state index < -0.39 is 0 Å². The molecule has 0 bridgehead atoms. The van der Waals surface area contributed by atoms with Gasteiger partial charge in [0, 0.05) is 22.2 Å². The van der Waals surface area contributed by atoms with Gasteiger partial charge in [-0.1, -0.05) is 18.2 Å². The Labute approximate surface area is 208 Å². The minimum absolute atomic E-state index is 0.274. The van der Waals surface area contributed by atoms with Crippen LogP contribution in [0.5, 0.6) is 11.5 Å². The molecule has 1 aliphatic carbocycles. The van der Waals surface area contributed by atoms with Crippen LogP contribution in [0.15, 0.2) is 65.4 Å². The summed E-state index contributed by atoms with van der Waals surface area (Å²) < 4.78 is 16.8. The van der Waals surface area contributed by atoms with Crippen molar-refractivity contribution < 1.29 is 18.7 Å². The number of benzene rings is 1. The lowest BCUT2D eigenvalue weighted by Gasteiger charge is -2.26. The van der Waals surface area contributed by atoms with Crippen LogP contribution in [0.4, 0.5) is 10.8 Å². The van der Waals surface area contributed by atoms with Gasteiger partial charge in [-0.2, -0.15) is 0 Å². The topological polar surface area (TPSA) is 85.6 Å². The molecule has 3 heterocycles. The summed E-state index contributed by atoms with van der Waals surface area (Å²) in [7, 11) is 3.27. The highest BCUT2D eigenvalue weighted by Gasteiger charge is 2.31. The van der Waals surface area contributed by atoms with Crippen molar-refractivity contribution in [3.8, 4) is 11.5 Å². The number of furan rings is 1. The van der Waals surface area contributed by atoms with Gasteiger partial charge in [0.15, 0.2) is 17.3 Å². The normalized spacial score (nSPS) is 13.5. The van der Waals surface area contributed by atoms with Crippen molar-refractivity contribution in [1.29, 1.82) is 0 Å². The molecule has 1 aliphatic rings. The molecule has 0 spiro atoms. The molecule has 7 nitrogen and oxygen atoms in total. The summed E-state index contributed by atoms with van der Waals surface area (Å²) in [6.07, 6.45) is 7.44. The smallest absolute Gasteiger partial charge is 0.291 e. The first-order valence-electron chi connectivity index (χ1n) is 11.6. The highest BCUT2D eigenvalue weighted by molar-refractivity contribution is 7.16. The maximum Gasteiger partial charge on any atom is 0.291 e. The van der Waals surface area contributed by atoms with Crippen LogP contribution in [0.3, 0.4) is 0 Å². The summed E-state index contributed by atoms with van der Waals surface area (Å²) in [6, 6.07) is 14.6. The molecular weight excluding hydrogens is 462 g/mol. The highest BCUT2D eigenvalue weighted by Crippen LogP contribution is 2.47. The Hall–Kier alpha value is -3.78. The van der Waals surface area contributed by atoms with E-state index in [4.69, 9.17) is 13.9 Å². The number of amides is 1. The lowest BCUT2D eigenvalue weighted by molar-refractivity contribution is 0.0997. The van der Waals surface area contributed by atoms with E-state index in [2.05, 4.69) is 15.6 Å². The zero-order valence-corrected chi connectivity index (χ0v) is 20.5. The van der Waals surface area contributed by atoms with Crippen molar-refractivity contribution >= 4 is 28.1 Å². The van der Waals surface area contributed by atoms with Crippen LogP contribution in [-0.4, -0.2) is 25.1 Å². The van der Waals surface area contributed by atoms with E-state index >= 15 is 0 Å². The summed E-state index contributed by atoms with van der Waals surface area (Å²) in [4.78, 5) is 18.8. The fourth-order valence-corrected chi connectivity index (χ4v) is 5.92. The predicted octanol–water partition coefficient (Wildman–Crippen LogP) is 6.09. The van der Waals surface area contributed by atoms with Crippen molar-refractivity contribution in [3.63, 3.8) is 0 Å². The summed E-state index contributed by atoms with van der Waals surface area (Å²) >= 11 is 1.64. The predicted molar refractivity (Wildman–Crippen MR) is 137 cm³/mol. The third-order valence-electron chi connectivity index (χ3n) is 6.17. The Morgan fingerprint density at radius 2 is 1.94 bits per heavy atom. The molecule has 2 N–H and O–H groups in total. The van der Waals surface area contributed by atoms with Crippen molar-refractivity contribution in [2.24, 2.45) is 0 Å². The number of thiophene rings is 1. The van der Waals surface area contributed by atoms with Gasteiger partial charge in [-0.3, -0.25) is 4.79 Å². The Morgan fingerprint density at radius 3 is 2.69 bits per heavy atom. The largest absolute Gasteiger partial charge is 0.493 e. The van der Waals surface area contributed by atoms with Crippen molar-refractivity contribution in [3.05, 3.63) is 88.3 Å². The monoisotopic (exact) mass is 489 g/mol. The van der Waals surface area contributed by atoms with Gasteiger partial charge < -0.3 is 24.5 Å². The molecule has 1 atom stereocenters. The van der Waals surface area contributed by atoms with E-state index in [1.54, 1.807) is 43.9 Å². The van der Waals surface area contributed by atoms with Crippen molar-refractivity contribution in [1.82, 2.24) is 4.98 Å². The average molecular weight is 490 g/mol. The van der Waals surface area contributed by atoms with E-state index in [0.717, 1.165) is 47.6 Å². The third-order valence-corrected chi connectivity index (χ3v) is 7.40. The molecule has 0 saturated carbocycles. The van der Waals surface area contributed by atoms with Crippen molar-refractivity contribution in [2.45, 2.75) is 31.7 Å². The molecule has 0 aliphatic heterocycles. The maximum absolute atomic E-state index is 13.0. The molecule has 5 rings (SSSR count). The van der Waals surface area contributed by atoms with Gasteiger partial charge in [-0.05, 0) is 61.6 Å². The SMILES string of the molecule is COc1cccc([C@H](Nc2ccccn2)c2c(NC(=O)c3ccco3)sc3c2CCCC3)c1OC. The number of anilines is 2. The lowest BCUT2D eigenvalue weighted by atomic mass is 9.89. The number of pyridine rings is 1. The number of methoxy groups -OCH3 is 2. The van der Waals surface area contributed by atoms with Crippen LogP contribution in [0.2, 0.25) is 0 Å². The molecule has 0 unspecified atom stereocenters. The van der Waals surface area contributed by atoms with Crippen LogP contribution in [-0.2, 0) is 12.8 Å². The number of carbonyl (C=O) groups excluding carboxylic acids is 1. The quantitative estimate of drug-likeness (QED) is 0.312. The second-order valence-corrected chi connectivity index (χ2v) is 9.37. The number of ether oxygens (including phenoxy) is 2. The number of aryl methyl sites for hydroxylation is 1. The minimum Gasteiger partial charge on any atom is -0.493 e. The molecule has 8 heteroatoms. The molecule has 1 amide bonds. The molecule has 0 fully saturated rings. The van der Waals surface area contributed by atoms with Gasteiger partial charge in [-0.25, -0.2) is 4.98 Å². The summed E-state index contributed by atoms with van der Waals surface area (Å²) in [5.74, 6) is 2.01. The van der Waals surface area contributed by atoms with E-state index in [1.807, 2.05) is 36.4 Å². The lowest BCUT2D eigenvalue weighted by Crippen LogP contribution is -2.19. The average Bonchev–Trinajstić information content (AvgIpc) is 3.56. The van der Waals surface area contributed by atoms with Gasteiger partial charge in [0.05, 0.1) is 26.5 Å². The van der Waals surface area contributed by atoms with Crippen LogP contribution in [0, 0.1) is 0 Å². The first-order chi connectivity index (χ1) is 17.2. The van der Waals surface area contributed by atoms with Gasteiger partial charge in [0.2, 0.25) is 0 Å². The van der Waals surface area contributed by atoms with Gasteiger partial charge in [0.25, 0.3) is 5.91 Å². The van der Waals surface area contributed by atoms with Crippen LogP contribution >= 0.6 is 11.3 Å². The zero-order valence-electron chi connectivity index (χ0n) is 19.7. The van der Waals surface area contributed by atoms with Crippen LogP contribution < -0.4 is 20.1 Å². The summed E-state index contributed by atoms with van der Waals surface area (Å²) in [5, 5.41) is 7.54. The van der Waals surface area contributed by atoms with E-state index in [9.17, 15) is 4.79 Å². The molecule has 3 aromatic heterocycles. The molecule has 1 aromatic carbocycles. The van der Waals surface area contributed by atoms with E-state index in [0.29, 0.717) is 11.5 Å². The number of para-hydroxylation sites is 1. The highest BCUT2D eigenvalue weighted by atomic mass is 32.1. The number of nitrogens with zero attached hydrogens (tertiary/aromatic N) is 1. The third kappa shape index (κ3) is 4.61. The van der Waals surface area contributed by atoms with E-state index in [1.165, 1.54) is 16.7 Å². The number of aromatic nitrogens is 1. The molecule has 35 heavy (non-hydrogen) atoms. The number of hydrogen-bond donors (Lipinski definition) is 2. The van der Waals surface area contributed by atoms with Crippen LogP contribution in [0.25, 0.3) is 0 Å². The minimum atomic E-state index is -0.333. The maximum atomic E-state index is 13.0. The number of nitrogens with one attached hydrogen (secondary N) is 2. The Balaban J connectivity index is 1.67. The van der Waals surface area contributed by atoms with Gasteiger partial charge in [-0.15, -0.1) is 11.3 Å². The Morgan fingerprint density at radius 1 is 1.06 bits per heavy atom. The van der Waals surface area contributed by atoms with Gasteiger partial charge >= 0.3 is 0 Å². The molecular formula is C27H27N3O4S. The summed E-state index contributed by atoms with van der Waals surface area (Å²) in [6.45, 7) is 0. The Bertz CT molecular complexity index is 1300. The standard InChI is InChI=1S/C27H27N3O4S/c1-32-19-11-7-10-18(25(19)33-2)24(29-22-14-5-6-15-28-22)23-17-9-3-4-13-21(17)35-27(23)30-26(31)20-12-8-16-34-20/h5-8,10-12,14-16,24H,3-4,9,13H2,1-2H3,(H,28,29)(H,30,31)/t24-/m0/s1. The first kappa shape index (κ1) is 23.0. The first-order valence-corrected chi connectivity index (χ1v) is 12.4. The second kappa shape index (κ2) is 10.2. The number of fused-ring (bicyclic) bond motifs is 1. The van der Waals surface area contributed by atoms with E-state index in [-0.39, 0.29) is 17.7 Å².